The van der Waals surface area contributed by atoms with Crippen LogP contribution in [0.1, 0.15) is 26.2 Å². The van der Waals surface area contributed by atoms with E-state index in [4.69, 9.17) is 0 Å². The lowest BCUT2D eigenvalue weighted by Gasteiger charge is -2.07. The highest BCUT2D eigenvalue weighted by Gasteiger charge is 2.11. The molecular weight excluding hydrogens is 383 g/mol. The first-order valence-corrected chi connectivity index (χ1v) is 9.13. The fraction of sp³-hybridized carbons (Fsp3) is 0.400. The van der Waals surface area contributed by atoms with Crippen LogP contribution in [0.5, 0.6) is 0 Å². The average molecular weight is 401 g/mol. The molecule has 1 aromatic carbocycles. The second kappa shape index (κ2) is 9.02. The van der Waals surface area contributed by atoms with Gasteiger partial charge in [0.25, 0.3) is 0 Å². The van der Waals surface area contributed by atoms with Crippen molar-refractivity contribution in [1.82, 2.24) is 14.8 Å². The fourth-order valence-corrected chi connectivity index (χ4v) is 3.02. The number of thioether (sulfide) groups is 1. The number of aryl methyl sites for hydroxylation is 1. The van der Waals surface area contributed by atoms with E-state index in [0.717, 1.165) is 25.8 Å². The number of unbranched alkanes of at least 4 members (excludes halogenated alkanes) is 2. The molecule has 0 aliphatic carbocycles. The van der Waals surface area contributed by atoms with Crippen LogP contribution in [0, 0.1) is 5.82 Å². The largest absolute Gasteiger partial charge is 0.323 e. The van der Waals surface area contributed by atoms with E-state index in [1.54, 1.807) is 12.4 Å². The van der Waals surface area contributed by atoms with E-state index in [0.29, 0.717) is 9.63 Å². The quantitative estimate of drug-likeness (QED) is 0.535. The van der Waals surface area contributed by atoms with Crippen LogP contribution in [0.25, 0.3) is 0 Å². The van der Waals surface area contributed by atoms with Crippen molar-refractivity contribution in [3.63, 3.8) is 0 Å². The van der Waals surface area contributed by atoms with Gasteiger partial charge < -0.3 is 9.88 Å². The van der Waals surface area contributed by atoms with Crippen molar-refractivity contribution >= 4 is 39.3 Å². The van der Waals surface area contributed by atoms with Gasteiger partial charge in [0.1, 0.15) is 12.1 Å². The van der Waals surface area contributed by atoms with Gasteiger partial charge in [0.05, 0.1) is 11.4 Å². The number of carbonyl (C=O) groups excluding carboxylic acids is 1. The number of anilines is 1. The fourth-order valence-electron chi connectivity index (χ4n) is 1.95. The molecule has 0 saturated heterocycles. The number of carbonyl (C=O) groups is 1. The monoisotopic (exact) mass is 400 g/mol. The molecule has 23 heavy (non-hydrogen) atoms. The minimum Gasteiger partial charge on any atom is -0.323 e. The van der Waals surface area contributed by atoms with Crippen LogP contribution < -0.4 is 5.32 Å². The van der Waals surface area contributed by atoms with E-state index in [9.17, 15) is 9.18 Å². The zero-order chi connectivity index (χ0) is 16.7. The highest BCUT2D eigenvalue weighted by Crippen LogP contribution is 2.20. The zero-order valence-electron chi connectivity index (χ0n) is 12.8. The van der Waals surface area contributed by atoms with Gasteiger partial charge in [-0.3, -0.25) is 4.79 Å². The van der Waals surface area contributed by atoms with Gasteiger partial charge in [0, 0.05) is 11.0 Å². The van der Waals surface area contributed by atoms with Crippen molar-refractivity contribution in [2.45, 2.75) is 37.9 Å². The number of hydrogen-bond acceptors (Lipinski definition) is 4. The molecule has 0 saturated carbocycles. The Hall–Kier alpha value is -1.41. The molecule has 124 valence electrons. The van der Waals surface area contributed by atoms with Crippen molar-refractivity contribution < 1.29 is 9.18 Å². The molecule has 0 fully saturated rings. The molecule has 1 heterocycles. The minimum atomic E-state index is -0.472. The number of rotatable bonds is 8. The summed E-state index contributed by atoms with van der Waals surface area (Å²) in [6.45, 7) is 2.99. The zero-order valence-corrected chi connectivity index (χ0v) is 15.2. The van der Waals surface area contributed by atoms with Gasteiger partial charge in [-0.15, -0.1) is 10.2 Å². The molecular formula is C15H18BrFN4OS. The molecule has 5 nitrogen and oxygen atoms in total. The Bertz CT molecular complexity index is 665. The normalized spacial score (nSPS) is 10.7. The van der Waals surface area contributed by atoms with E-state index in [1.165, 1.54) is 23.9 Å². The molecule has 1 N–H and O–H groups in total. The molecule has 2 rings (SSSR count). The van der Waals surface area contributed by atoms with Gasteiger partial charge >= 0.3 is 0 Å². The molecule has 0 unspecified atom stereocenters. The van der Waals surface area contributed by atoms with Crippen molar-refractivity contribution in [3.8, 4) is 0 Å². The number of hydrogen-bond donors (Lipinski definition) is 1. The van der Waals surface area contributed by atoms with Crippen molar-refractivity contribution in [2.24, 2.45) is 0 Å². The number of halogens is 2. The lowest BCUT2D eigenvalue weighted by atomic mass is 10.2. The third-order valence-electron chi connectivity index (χ3n) is 3.12. The highest BCUT2D eigenvalue weighted by molar-refractivity contribution is 9.10. The topological polar surface area (TPSA) is 59.8 Å². The standard InChI is InChI=1S/C15H18BrFN4OS/c1-2-3-4-7-21-10-18-20-15(21)23-9-14(22)19-13-6-5-11(16)8-12(13)17/h5-6,8,10H,2-4,7,9H2,1H3,(H,19,22). The lowest BCUT2D eigenvalue weighted by molar-refractivity contribution is -0.113. The van der Waals surface area contributed by atoms with E-state index < -0.39 is 5.82 Å². The van der Waals surface area contributed by atoms with Crippen LogP contribution >= 0.6 is 27.7 Å². The van der Waals surface area contributed by atoms with E-state index in [-0.39, 0.29) is 17.3 Å². The Morgan fingerprint density at radius 3 is 3.00 bits per heavy atom. The third-order valence-corrected chi connectivity index (χ3v) is 4.59. The van der Waals surface area contributed by atoms with E-state index in [2.05, 4.69) is 38.4 Å². The van der Waals surface area contributed by atoms with Crippen LogP contribution in [0.3, 0.4) is 0 Å². The van der Waals surface area contributed by atoms with Gasteiger partial charge in [-0.25, -0.2) is 4.39 Å². The summed E-state index contributed by atoms with van der Waals surface area (Å²) >= 11 is 4.47. The van der Waals surface area contributed by atoms with Crippen molar-refractivity contribution in [3.05, 3.63) is 34.8 Å². The van der Waals surface area contributed by atoms with Gasteiger partial charge in [-0.2, -0.15) is 0 Å². The summed E-state index contributed by atoms with van der Waals surface area (Å²) in [5, 5.41) is 11.2. The Kier molecular flexibility index (Phi) is 7.04. The Labute approximate surface area is 147 Å². The molecule has 0 aliphatic heterocycles. The molecule has 1 aromatic heterocycles. The number of nitrogens with one attached hydrogen (secondary N) is 1. The maximum atomic E-state index is 13.7. The second-order valence-electron chi connectivity index (χ2n) is 4.98. The molecule has 0 aliphatic rings. The molecule has 0 spiro atoms. The van der Waals surface area contributed by atoms with Crippen LogP contribution in [-0.2, 0) is 11.3 Å². The number of aromatic nitrogens is 3. The number of nitrogens with zero attached hydrogens (tertiary/aromatic N) is 3. The molecule has 1 amide bonds. The Morgan fingerprint density at radius 1 is 1.43 bits per heavy atom. The third kappa shape index (κ3) is 5.62. The first-order valence-electron chi connectivity index (χ1n) is 7.35. The number of benzene rings is 1. The molecule has 8 heteroatoms. The summed E-state index contributed by atoms with van der Waals surface area (Å²) in [5.74, 6) is -0.595. The second-order valence-corrected chi connectivity index (χ2v) is 6.83. The molecule has 0 radical (unpaired) electrons. The van der Waals surface area contributed by atoms with Crippen molar-refractivity contribution in [1.29, 1.82) is 0 Å². The summed E-state index contributed by atoms with van der Waals surface area (Å²) in [7, 11) is 0. The minimum absolute atomic E-state index is 0.155. The first kappa shape index (κ1) is 17.9. The Morgan fingerprint density at radius 2 is 2.26 bits per heavy atom. The predicted molar refractivity (Wildman–Crippen MR) is 93.0 cm³/mol. The van der Waals surface area contributed by atoms with Gasteiger partial charge in [-0.1, -0.05) is 47.5 Å². The predicted octanol–water partition coefficient (Wildman–Crippen LogP) is 4.10. The van der Waals surface area contributed by atoms with E-state index in [1.807, 2.05) is 4.57 Å². The summed E-state index contributed by atoms with van der Waals surface area (Å²) in [6.07, 6.45) is 5.01. The number of amides is 1. The van der Waals surface area contributed by atoms with Gasteiger partial charge in [-0.05, 0) is 24.6 Å². The average Bonchev–Trinajstić information content (AvgIpc) is 2.96. The van der Waals surface area contributed by atoms with Crippen molar-refractivity contribution in [2.75, 3.05) is 11.1 Å². The van der Waals surface area contributed by atoms with Gasteiger partial charge in [0.2, 0.25) is 5.91 Å². The summed E-state index contributed by atoms with van der Waals surface area (Å²) in [6, 6.07) is 4.51. The summed E-state index contributed by atoms with van der Waals surface area (Å²) in [5.41, 5.74) is 0.170. The summed E-state index contributed by atoms with van der Waals surface area (Å²) in [4.78, 5) is 11.9. The molecule has 2 aromatic rings. The smallest absolute Gasteiger partial charge is 0.234 e. The maximum Gasteiger partial charge on any atom is 0.234 e. The lowest BCUT2D eigenvalue weighted by Crippen LogP contribution is -2.15. The van der Waals surface area contributed by atoms with Crippen LogP contribution in [-0.4, -0.2) is 26.4 Å². The van der Waals surface area contributed by atoms with Crippen LogP contribution in [0.4, 0.5) is 10.1 Å². The highest BCUT2D eigenvalue weighted by atomic mass is 79.9. The first-order chi connectivity index (χ1) is 11.1. The maximum absolute atomic E-state index is 13.7. The SMILES string of the molecule is CCCCCn1cnnc1SCC(=O)Nc1ccc(Br)cc1F. The summed E-state index contributed by atoms with van der Waals surface area (Å²) < 4.78 is 16.2. The van der Waals surface area contributed by atoms with E-state index >= 15 is 0 Å². The molecule has 0 atom stereocenters. The van der Waals surface area contributed by atoms with Gasteiger partial charge in [0.15, 0.2) is 5.16 Å². The Balaban J connectivity index is 1.86. The van der Waals surface area contributed by atoms with Crippen LogP contribution in [0.2, 0.25) is 0 Å². The van der Waals surface area contributed by atoms with Crippen LogP contribution in [0.15, 0.2) is 34.2 Å². The molecule has 0 bridgehead atoms.